The number of hydrogen-bond acceptors (Lipinski definition) is 6. The van der Waals surface area contributed by atoms with Gasteiger partial charge in [0.25, 0.3) is 15.9 Å². The van der Waals surface area contributed by atoms with Crippen LogP contribution >= 0.6 is 11.8 Å². The van der Waals surface area contributed by atoms with Crippen molar-refractivity contribution >= 4 is 38.5 Å². The van der Waals surface area contributed by atoms with Gasteiger partial charge in [-0.15, -0.1) is 0 Å². The summed E-state index contributed by atoms with van der Waals surface area (Å²) in [7, 11) is -4.15. The molecular formula is C17H15FN2O4S2. The van der Waals surface area contributed by atoms with Gasteiger partial charge < -0.3 is 4.74 Å². The molecule has 2 aromatic carbocycles. The molecule has 1 aliphatic rings. The molecule has 1 aliphatic heterocycles. The van der Waals surface area contributed by atoms with Gasteiger partial charge in [-0.25, -0.2) is 17.8 Å². The highest BCUT2D eigenvalue weighted by atomic mass is 32.2. The highest BCUT2D eigenvalue weighted by molar-refractivity contribution is 8.16. The molecule has 0 radical (unpaired) electrons. The number of halogens is 1. The first-order chi connectivity index (χ1) is 12.4. The van der Waals surface area contributed by atoms with E-state index in [1.54, 1.807) is 24.3 Å². The second-order valence-electron chi connectivity index (χ2n) is 5.23. The van der Waals surface area contributed by atoms with Crippen molar-refractivity contribution in [2.24, 2.45) is 4.99 Å². The molecule has 0 aliphatic carbocycles. The monoisotopic (exact) mass is 394 g/mol. The van der Waals surface area contributed by atoms with E-state index in [9.17, 15) is 17.6 Å². The van der Waals surface area contributed by atoms with Crippen LogP contribution in [-0.2, 0) is 14.8 Å². The lowest BCUT2D eigenvalue weighted by molar-refractivity contribution is -0.120. The Kier molecular flexibility index (Phi) is 5.28. The Morgan fingerprint density at radius 2 is 1.81 bits per heavy atom. The van der Waals surface area contributed by atoms with Gasteiger partial charge in [-0.3, -0.25) is 4.79 Å². The summed E-state index contributed by atoms with van der Waals surface area (Å²) in [6.45, 7) is 2.40. The number of aliphatic imine (C=N–C) groups is 1. The standard InChI is InChI=1S/C17H15FN2O4S2/c1-2-24-14-7-5-13(6-8-14)19-17-20(16(21)11-25-17)26(22,23)15-9-3-12(18)4-10-15/h3-10H,2,11H2,1H3. The molecule has 1 fully saturated rings. The molecule has 9 heteroatoms. The maximum atomic E-state index is 13.1. The molecule has 136 valence electrons. The van der Waals surface area contributed by atoms with Crippen molar-refractivity contribution in [1.29, 1.82) is 0 Å². The van der Waals surface area contributed by atoms with Crippen LogP contribution in [0.5, 0.6) is 5.75 Å². The van der Waals surface area contributed by atoms with Crippen LogP contribution in [0.4, 0.5) is 10.1 Å². The number of ether oxygens (including phenoxy) is 1. The summed E-state index contributed by atoms with van der Waals surface area (Å²) in [6.07, 6.45) is 0. The second kappa shape index (κ2) is 7.46. The van der Waals surface area contributed by atoms with E-state index in [2.05, 4.69) is 4.99 Å². The predicted octanol–water partition coefficient (Wildman–Crippen LogP) is 3.18. The van der Waals surface area contributed by atoms with Crippen LogP contribution in [0.15, 0.2) is 58.4 Å². The molecule has 0 N–H and O–H groups in total. The molecule has 0 unspecified atom stereocenters. The fourth-order valence-electron chi connectivity index (χ4n) is 2.27. The first-order valence-electron chi connectivity index (χ1n) is 7.70. The first kappa shape index (κ1) is 18.4. The van der Waals surface area contributed by atoms with Crippen LogP contribution in [0.25, 0.3) is 0 Å². The van der Waals surface area contributed by atoms with Crippen LogP contribution in [0, 0.1) is 5.82 Å². The Balaban J connectivity index is 1.94. The lowest BCUT2D eigenvalue weighted by Gasteiger charge is -2.16. The fourth-order valence-corrected chi connectivity index (χ4v) is 4.85. The van der Waals surface area contributed by atoms with Gasteiger partial charge in [0.2, 0.25) is 0 Å². The minimum Gasteiger partial charge on any atom is -0.494 e. The predicted molar refractivity (Wildman–Crippen MR) is 97.6 cm³/mol. The number of carbonyl (C=O) groups is 1. The highest BCUT2D eigenvalue weighted by Crippen LogP contribution is 2.30. The summed E-state index contributed by atoms with van der Waals surface area (Å²) >= 11 is 1.03. The van der Waals surface area contributed by atoms with Gasteiger partial charge in [0, 0.05) is 0 Å². The molecular weight excluding hydrogens is 379 g/mol. The maximum Gasteiger partial charge on any atom is 0.272 e. The molecule has 0 saturated carbocycles. The zero-order valence-electron chi connectivity index (χ0n) is 13.8. The smallest absolute Gasteiger partial charge is 0.272 e. The third kappa shape index (κ3) is 3.73. The van der Waals surface area contributed by atoms with Crippen LogP contribution in [0.3, 0.4) is 0 Å². The molecule has 6 nitrogen and oxygen atoms in total. The Bertz CT molecular complexity index is 942. The van der Waals surface area contributed by atoms with Gasteiger partial charge in [-0.05, 0) is 55.5 Å². The van der Waals surface area contributed by atoms with Crippen molar-refractivity contribution in [3.8, 4) is 5.75 Å². The Morgan fingerprint density at radius 3 is 2.42 bits per heavy atom. The largest absolute Gasteiger partial charge is 0.494 e. The quantitative estimate of drug-likeness (QED) is 0.779. The fraction of sp³-hybridized carbons (Fsp3) is 0.176. The highest BCUT2D eigenvalue weighted by Gasteiger charge is 2.39. The molecule has 26 heavy (non-hydrogen) atoms. The minimum absolute atomic E-state index is 0.0315. The molecule has 0 atom stereocenters. The molecule has 0 spiro atoms. The van der Waals surface area contributed by atoms with E-state index >= 15 is 0 Å². The van der Waals surface area contributed by atoms with Crippen molar-refractivity contribution in [1.82, 2.24) is 4.31 Å². The zero-order chi connectivity index (χ0) is 18.7. The summed E-state index contributed by atoms with van der Waals surface area (Å²) < 4.78 is 44.6. The number of rotatable bonds is 5. The van der Waals surface area contributed by atoms with Crippen LogP contribution < -0.4 is 4.74 Å². The molecule has 3 rings (SSSR count). The second-order valence-corrected chi connectivity index (χ2v) is 7.96. The van der Waals surface area contributed by atoms with E-state index in [4.69, 9.17) is 4.74 Å². The van der Waals surface area contributed by atoms with Gasteiger partial charge in [0.15, 0.2) is 5.17 Å². The van der Waals surface area contributed by atoms with E-state index in [0.717, 1.165) is 36.0 Å². The molecule has 1 heterocycles. The summed E-state index contributed by atoms with van der Waals surface area (Å²) in [5.74, 6) is -0.517. The van der Waals surface area contributed by atoms with Crippen molar-refractivity contribution < 1.29 is 22.3 Å². The summed E-state index contributed by atoms with van der Waals surface area (Å²) in [5.41, 5.74) is 0.491. The van der Waals surface area contributed by atoms with Crippen molar-refractivity contribution in [3.05, 3.63) is 54.3 Å². The van der Waals surface area contributed by atoms with Crippen LogP contribution in [0.1, 0.15) is 6.92 Å². The summed E-state index contributed by atoms with van der Waals surface area (Å²) in [6, 6.07) is 11.1. The normalized spacial score (nSPS) is 16.3. The van der Waals surface area contributed by atoms with Crippen molar-refractivity contribution in [2.75, 3.05) is 12.4 Å². The number of thioether (sulfide) groups is 1. The van der Waals surface area contributed by atoms with Crippen LogP contribution in [0.2, 0.25) is 0 Å². The average molecular weight is 394 g/mol. The number of amidine groups is 1. The third-order valence-corrected chi connectivity index (χ3v) is 6.21. The molecule has 1 amide bonds. The lowest BCUT2D eigenvalue weighted by atomic mass is 10.3. The van der Waals surface area contributed by atoms with Gasteiger partial charge in [0.05, 0.1) is 22.9 Å². The van der Waals surface area contributed by atoms with Gasteiger partial charge in [-0.2, -0.15) is 4.31 Å². The van der Waals surface area contributed by atoms with Crippen molar-refractivity contribution in [2.45, 2.75) is 11.8 Å². The topological polar surface area (TPSA) is 76.0 Å². The number of carbonyl (C=O) groups excluding carboxylic acids is 1. The molecule has 0 bridgehead atoms. The number of sulfonamides is 1. The van der Waals surface area contributed by atoms with E-state index in [0.29, 0.717) is 22.3 Å². The van der Waals surface area contributed by atoms with E-state index in [1.165, 1.54) is 0 Å². The zero-order valence-corrected chi connectivity index (χ0v) is 15.4. The maximum absolute atomic E-state index is 13.1. The number of hydrogen-bond donors (Lipinski definition) is 0. The van der Waals surface area contributed by atoms with Gasteiger partial charge in [0.1, 0.15) is 11.6 Å². The van der Waals surface area contributed by atoms with E-state index in [-0.39, 0.29) is 15.8 Å². The summed E-state index contributed by atoms with van der Waals surface area (Å²) in [4.78, 5) is 16.3. The molecule has 1 saturated heterocycles. The molecule has 2 aromatic rings. The van der Waals surface area contributed by atoms with Crippen LogP contribution in [-0.4, -0.2) is 36.2 Å². The third-order valence-electron chi connectivity index (χ3n) is 3.45. The Hall–Kier alpha value is -2.39. The van der Waals surface area contributed by atoms with Crippen molar-refractivity contribution in [3.63, 3.8) is 0 Å². The number of amides is 1. The summed E-state index contributed by atoms with van der Waals surface area (Å²) in [5, 5.41) is 0.0588. The average Bonchev–Trinajstić information content (AvgIpc) is 2.98. The van der Waals surface area contributed by atoms with E-state index < -0.39 is 21.7 Å². The minimum atomic E-state index is -4.15. The number of nitrogens with zero attached hydrogens (tertiary/aromatic N) is 2. The Morgan fingerprint density at radius 1 is 1.15 bits per heavy atom. The number of benzene rings is 2. The van der Waals surface area contributed by atoms with E-state index in [1.807, 2.05) is 6.92 Å². The first-order valence-corrected chi connectivity index (χ1v) is 10.1. The SMILES string of the molecule is CCOc1ccc(N=C2SCC(=O)N2S(=O)(=O)c2ccc(F)cc2)cc1. The lowest BCUT2D eigenvalue weighted by Crippen LogP contribution is -2.35. The van der Waals surface area contributed by atoms with Gasteiger partial charge >= 0.3 is 0 Å². The molecule has 0 aromatic heterocycles. The Labute approximate surface area is 154 Å². The van der Waals surface area contributed by atoms with Gasteiger partial charge in [-0.1, -0.05) is 11.8 Å².